The molecular formula is C12H19ClO2. The van der Waals surface area contributed by atoms with Crippen molar-refractivity contribution in [2.75, 3.05) is 12.5 Å². The molecule has 1 unspecified atom stereocenters. The molecule has 0 aromatic rings. The summed E-state index contributed by atoms with van der Waals surface area (Å²) in [5, 5.41) is 0. The second-order valence-corrected chi connectivity index (χ2v) is 4.54. The predicted molar refractivity (Wildman–Crippen MR) is 61.9 cm³/mol. The van der Waals surface area contributed by atoms with Gasteiger partial charge < -0.3 is 9.47 Å². The minimum Gasteiger partial charge on any atom is -0.353 e. The average Bonchev–Trinajstić information content (AvgIpc) is 2.64. The quantitative estimate of drug-likeness (QED) is 0.420. The Morgan fingerprint density at radius 3 is 2.93 bits per heavy atom. The summed E-state index contributed by atoms with van der Waals surface area (Å²) >= 11 is 5.57. The molecular weight excluding hydrogens is 212 g/mol. The van der Waals surface area contributed by atoms with Gasteiger partial charge in [-0.25, -0.2) is 0 Å². The van der Waals surface area contributed by atoms with Gasteiger partial charge in [-0.05, 0) is 26.7 Å². The summed E-state index contributed by atoms with van der Waals surface area (Å²) in [6, 6.07) is 0. The highest BCUT2D eigenvalue weighted by atomic mass is 35.5. The van der Waals surface area contributed by atoms with E-state index < -0.39 is 5.60 Å². The molecule has 0 N–H and O–H groups in total. The molecule has 1 aliphatic rings. The molecule has 1 fully saturated rings. The number of hydrogen-bond donors (Lipinski definition) is 0. The lowest BCUT2D eigenvalue weighted by atomic mass is 10.1. The van der Waals surface area contributed by atoms with Crippen molar-refractivity contribution in [1.29, 1.82) is 0 Å². The molecule has 1 heterocycles. The van der Waals surface area contributed by atoms with Crippen molar-refractivity contribution < 1.29 is 9.47 Å². The summed E-state index contributed by atoms with van der Waals surface area (Å²) in [6.45, 7) is 4.76. The first-order chi connectivity index (χ1) is 7.14. The van der Waals surface area contributed by atoms with Gasteiger partial charge in [0.25, 0.3) is 0 Å². The third-order valence-electron chi connectivity index (χ3n) is 2.14. The first-order valence-electron chi connectivity index (χ1n) is 5.49. The maximum Gasteiger partial charge on any atom is 0.159 e. The highest BCUT2D eigenvalue weighted by Gasteiger charge is 2.24. The molecule has 0 radical (unpaired) electrons. The first kappa shape index (κ1) is 12.8. The molecule has 0 bridgehead atoms. The Labute approximate surface area is 97.3 Å². The van der Waals surface area contributed by atoms with Gasteiger partial charge in [-0.15, -0.1) is 17.5 Å². The fourth-order valence-electron chi connectivity index (χ4n) is 1.43. The molecule has 1 atom stereocenters. The number of alkyl halides is 1. The van der Waals surface area contributed by atoms with E-state index in [9.17, 15) is 0 Å². The van der Waals surface area contributed by atoms with Crippen molar-refractivity contribution in [3.8, 4) is 11.8 Å². The van der Waals surface area contributed by atoms with Crippen molar-refractivity contribution in [3.05, 3.63) is 0 Å². The molecule has 86 valence electrons. The van der Waals surface area contributed by atoms with Gasteiger partial charge in [0.15, 0.2) is 6.29 Å². The zero-order chi connectivity index (χ0) is 11.1. The van der Waals surface area contributed by atoms with E-state index in [2.05, 4.69) is 11.8 Å². The van der Waals surface area contributed by atoms with Crippen molar-refractivity contribution in [2.45, 2.75) is 51.4 Å². The molecule has 1 aliphatic heterocycles. The summed E-state index contributed by atoms with van der Waals surface area (Å²) in [4.78, 5) is 0. The van der Waals surface area contributed by atoms with Gasteiger partial charge in [0.1, 0.15) is 5.60 Å². The summed E-state index contributed by atoms with van der Waals surface area (Å²) in [5.74, 6) is 6.86. The van der Waals surface area contributed by atoms with Gasteiger partial charge in [-0.1, -0.05) is 5.92 Å². The van der Waals surface area contributed by atoms with Crippen LogP contribution in [0.1, 0.15) is 39.5 Å². The minimum absolute atomic E-state index is 0.0673. The number of unbranched alkanes of at least 4 members (excludes halogenated alkanes) is 1. The zero-order valence-electron chi connectivity index (χ0n) is 9.51. The first-order valence-corrected chi connectivity index (χ1v) is 6.03. The third-order valence-corrected chi connectivity index (χ3v) is 2.41. The van der Waals surface area contributed by atoms with E-state index in [1.807, 2.05) is 13.8 Å². The molecule has 0 aromatic heterocycles. The normalized spacial score (nSPS) is 21.1. The lowest BCUT2D eigenvalue weighted by Crippen LogP contribution is -2.28. The van der Waals surface area contributed by atoms with Crippen molar-refractivity contribution in [3.63, 3.8) is 0 Å². The predicted octanol–water partition coefficient (Wildman–Crippen LogP) is 2.94. The van der Waals surface area contributed by atoms with Gasteiger partial charge in [-0.2, -0.15) is 0 Å². The largest absolute Gasteiger partial charge is 0.353 e. The summed E-state index contributed by atoms with van der Waals surface area (Å²) < 4.78 is 11.2. The van der Waals surface area contributed by atoms with Gasteiger partial charge in [0, 0.05) is 25.3 Å². The smallest absolute Gasteiger partial charge is 0.159 e. The summed E-state index contributed by atoms with van der Waals surface area (Å²) in [6.07, 6.45) is 3.77. The van der Waals surface area contributed by atoms with Crippen LogP contribution in [-0.4, -0.2) is 24.4 Å². The monoisotopic (exact) mass is 230 g/mol. The molecule has 0 spiro atoms. The van der Waals surface area contributed by atoms with Gasteiger partial charge in [0.2, 0.25) is 0 Å². The van der Waals surface area contributed by atoms with E-state index in [1.54, 1.807) is 0 Å². The van der Waals surface area contributed by atoms with Crippen molar-refractivity contribution in [2.24, 2.45) is 0 Å². The number of hydrogen-bond acceptors (Lipinski definition) is 2. The fourth-order valence-corrected chi connectivity index (χ4v) is 1.56. The lowest BCUT2D eigenvalue weighted by molar-refractivity contribution is -0.157. The van der Waals surface area contributed by atoms with Gasteiger partial charge >= 0.3 is 0 Å². The number of halogens is 1. The van der Waals surface area contributed by atoms with Gasteiger partial charge in [-0.3, -0.25) is 0 Å². The Morgan fingerprint density at radius 2 is 2.33 bits per heavy atom. The Morgan fingerprint density at radius 1 is 1.53 bits per heavy atom. The molecule has 2 nitrogen and oxygen atoms in total. The molecule has 0 aliphatic carbocycles. The van der Waals surface area contributed by atoms with Crippen molar-refractivity contribution >= 4 is 11.6 Å². The van der Waals surface area contributed by atoms with Crippen LogP contribution in [0.25, 0.3) is 0 Å². The SMILES string of the molecule is CC(C)(C#CCCCCl)OC1CCCO1. The Hall–Kier alpha value is -0.230. The van der Waals surface area contributed by atoms with Crippen LogP contribution in [0.4, 0.5) is 0 Å². The maximum atomic E-state index is 5.75. The Balaban J connectivity index is 2.31. The second-order valence-electron chi connectivity index (χ2n) is 4.17. The minimum atomic E-state index is -0.415. The molecule has 15 heavy (non-hydrogen) atoms. The molecule has 1 rings (SSSR count). The zero-order valence-corrected chi connectivity index (χ0v) is 10.3. The number of ether oxygens (including phenoxy) is 2. The highest BCUT2D eigenvalue weighted by molar-refractivity contribution is 6.17. The topological polar surface area (TPSA) is 18.5 Å². The van der Waals surface area contributed by atoms with Crippen molar-refractivity contribution in [1.82, 2.24) is 0 Å². The Kier molecular flexibility index (Phi) is 5.45. The van der Waals surface area contributed by atoms with Crippen LogP contribution in [0.15, 0.2) is 0 Å². The maximum absolute atomic E-state index is 5.75. The molecule has 3 heteroatoms. The second kappa shape index (κ2) is 6.37. The molecule has 0 aromatic carbocycles. The Bertz CT molecular complexity index is 234. The van der Waals surface area contributed by atoms with Crippen LogP contribution in [0, 0.1) is 11.8 Å². The fraction of sp³-hybridized carbons (Fsp3) is 0.833. The van der Waals surface area contributed by atoms with E-state index in [4.69, 9.17) is 21.1 Å². The van der Waals surface area contributed by atoms with E-state index in [0.29, 0.717) is 5.88 Å². The van der Waals surface area contributed by atoms with Gasteiger partial charge in [0.05, 0.1) is 0 Å². The van der Waals surface area contributed by atoms with Crippen LogP contribution >= 0.6 is 11.6 Å². The molecule has 1 saturated heterocycles. The van der Waals surface area contributed by atoms with Crippen LogP contribution in [0.3, 0.4) is 0 Å². The lowest BCUT2D eigenvalue weighted by Gasteiger charge is -2.23. The number of rotatable bonds is 4. The summed E-state index contributed by atoms with van der Waals surface area (Å²) in [5.41, 5.74) is -0.415. The van der Waals surface area contributed by atoms with Crippen LogP contribution in [0.5, 0.6) is 0 Å². The van der Waals surface area contributed by atoms with E-state index >= 15 is 0 Å². The van der Waals surface area contributed by atoms with E-state index in [-0.39, 0.29) is 6.29 Å². The average molecular weight is 231 g/mol. The summed E-state index contributed by atoms with van der Waals surface area (Å²) in [7, 11) is 0. The van der Waals surface area contributed by atoms with Crippen LogP contribution < -0.4 is 0 Å². The molecule has 0 amide bonds. The molecule has 0 saturated carbocycles. The van der Waals surface area contributed by atoms with E-state index in [1.165, 1.54) is 0 Å². The highest BCUT2D eigenvalue weighted by Crippen LogP contribution is 2.20. The van der Waals surface area contributed by atoms with Crippen LogP contribution in [0.2, 0.25) is 0 Å². The van der Waals surface area contributed by atoms with E-state index in [0.717, 1.165) is 32.3 Å². The van der Waals surface area contributed by atoms with Crippen LogP contribution in [-0.2, 0) is 9.47 Å². The third kappa shape index (κ3) is 5.41. The standard InChI is InChI=1S/C12H19ClO2/c1-12(2,8-4-3-5-9-13)15-11-7-6-10-14-11/h11H,3,5-7,9-10H2,1-2H3.